The van der Waals surface area contributed by atoms with E-state index in [1.54, 1.807) is 0 Å². The van der Waals surface area contributed by atoms with Gasteiger partial charge in [-0.05, 0) is 24.6 Å². The molecule has 1 N–H and O–H groups in total. The van der Waals surface area contributed by atoms with Crippen molar-refractivity contribution in [2.45, 2.75) is 25.8 Å². The van der Waals surface area contributed by atoms with Crippen molar-refractivity contribution in [3.05, 3.63) is 71.8 Å². The van der Waals surface area contributed by atoms with Crippen LogP contribution in [0.15, 0.2) is 60.7 Å². The number of benzene rings is 2. The summed E-state index contributed by atoms with van der Waals surface area (Å²) in [6, 6.07) is 19.7. The van der Waals surface area contributed by atoms with Crippen molar-refractivity contribution in [2.24, 2.45) is 0 Å². The summed E-state index contributed by atoms with van der Waals surface area (Å²) in [5, 5.41) is 3.06. The first kappa shape index (κ1) is 13.3. The topological polar surface area (TPSA) is 29.1 Å². The van der Waals surface area contributed by atoms with Gasteiger partial charge in [-0.15, -0.1) is 0 Å². The van der Waals surface area contributed by atoms with Crippen LogP contribution in [0.1, 0.15) is 35.7 Å². The monoisotopic (exact) mass is 253 g/mol. The lowest BCUT2D eigenvalue weighted by Gasteiger charge is -2.21. The molecule has 2 rings (SSSR count). The summed E-state index contributed by atoms with van der Waals surface area (Å²) in [7, 11) is 0. The first-order valence-corrected chi connectivity index (χ1v) is 6.59. The fraction of sp³-hybridized carbons (Fsp3) is 0.235. The van der Waals surface area contributed by atoms with Gasteiger partial charge in [0.15, 0.2) is 0 Å². The lowest BCUT2D eigenvalue weighted by molar-refractivity contribution is 0.0935. The summed E-state index contributed by atoms with van der Waals surface area (Å²) < 4.78 is 0. The van der Waals surface area contributed by atoms with Crippen LogP contribution >= 0.6 is 0 Å². The molecular weight excluding hydrogens is 234 g/mol. The predicted octanol–water partition coefficient (Wildman–Crippen LogP) is 3.61. The number of nitrogens with one attached hydrogen (secondary N) is 1. The van der Waals surface area contributed by atoms with E-state index in [9.17, 15) is 4.79 Å². The summed E-state index contributed by atoms with van der Waals surface area (Å²) in [5.41, 5.74) is 1.94. The van der Waals surface area contributed by atoms with Crippen molar-refractivity contribution in [2.75, 3.05) is 0 Å². The lowest BCUT2D eigenvalue weighted by atomic mass is 9.94. The highest BCUT2D eigenvalue weighted by Gasteiger charge is 2.16. The molecular formula is C17H19NO. The van der Waals surface area contributed by atoms with E-state index in [0.29, 0.717) is 5.56 Å². The zero-order valence-corrected chi connectivity index (χ0v) is 11.3. The molecule has 0 aliphatic heterocycles. The lowest BCUT2D eigenvalue weighted by Crippen LogP contribution is -2.36. The Bertz CT molecular complexity index is 521. The Kier molecular flexibility index (Phi) is 4.35. The SMILES string of the molecule is C[C@H](NC(=O)c1ccccc1)[C@@H](C)c1ccccc1. The molecule has 2 aromatic carbocycles. The van der Waals surface area contributed by atoms with Gasteiger partial charge in [0.05, 0.1) is 0 Å². The molecule has 0 heterocycles. The molecule has 0 fully saturated rings. The maximum Gasteiger partial charge on any atom is 0.251 e. The fourth-order valence-electron chi connectivity index (χ4n) is 2.05. The number of carbonyl (C=O) groups is 1. The highest BCUT2D eigenvalue weighted by molar-refractivity contribution is 5.94. The molecule has 2 atom stereocenters. The van der Waals surface area contributed by atoms with Gasteiger partial charge in [0.2, 0.25) is 0 Å². The molecule has 0 aliphatic carbocycles. The van der Waals surface area contributed by atoms with Crippen LogP contribution in [0.2, 0.25) is 0 Å². The fourth-order valence-corrected chi connectivity index (χ4v) is 2.05. The Hall–Kier alpha value is -2.09. The van der Waals surface area contributed by atoms with E-state index < -0.39 is 0 Å². The van der Waals surface area contributed by atoms with E-state index in [-0.39, 0.29) is 17.9 Å². The van der Waals surface area contributed by atoms with E-state index in [4.69, 9.17) is 0 Å². The Morgan fingerprint density at radius 1 is 0.895 bits per heavy atom. The first-order chi connectivity index (χ1) is 9.18. The third kappa shape index (κ3) is 3.44. The summed E-state index contributed by atoms with van der Waals surface area (Å²) in [5.74, 6) is 0.268. The van der Waals surface area contributed by atoms with E-state index in [1.807, 2.05) is 55.5 Å². The highest BCUT2D eigenvalue weighted by atomic mass is 16.1. The van der Waals surface area contributed by atoms with Crippen LogP contribution in [-0.2, 0) is 0 Å². The van der Waals surface area contributed by atoms with Crippen molar-refractivity contribution in [3.8, 4) is 0 Å². The van der Waals surface area contributed by atoms with Gasteiger partial charge in [-0.25, -0.2) is 0 Å². The van der Waals surface area contributed by atoms with Crippen LogP contribution in [0.4, 0.5) is 0 Å². The summed E-state index contributed by atoms with van der Waals surface area (Å²) in [4.78, 5) is 12.1. The molecule has 0 saturated heterocycles. The average molecular weight is 253 g/mol. The first-order valence-electron chi connectivity index (χ1n) is 6.59. The number of hydrogen-bond donors (Lipinski definition) is 1. The van der Waals surface area contributed by atoms with E-state index >= 15 is 0 Å². The van der Waals surface area contributed by atoms with Crippen LogP contribution in [0.5, 0.6) is 0 Å². The number of carbonyl (C=O) groups excluding carboxylic acids is 1. The van der Waals surface area contributed by atoms with Crippen LogP contribution in [0.25, 0.3) is 0 Å². The molecule has 0 spiro atoms. The Labute approximate surface area is 114 Å². The minimum Gasteiger partial charge on any atom is -0.349 e. The maximum atomic E-state index is 12.1. The van der Waals surface area contributed by atoms with Crippen molar-refractivity contribution in [1.82, 2.24) is 5.32 Å². The zero-order chi connectivity index (χ0) is 13.7. The molecule has 0 unspecified atom stereocenters. The molecule has 98 valence electrons. The molecule has 0 radical (unpaired) electrons. The third-order valence-corrected chi connectivity index (χ3v) is 3.47. The van der Waals surface area contributed by atoms with Gasteiger partial charge in [0.1, 0.15) is 0 Å². The van der Waals surface area contributed by atoms with E-state index in [0.717, 1.165) is 0 Å². The molecule has 0 aliphatic rings. The van der Waals surface area contributed by atoms with Crippen LogP contribution in [0, 0.1) is 0 Å². The zero-order valence-electron chi connectivity index (χ0n) is 11.3. The van der Waals surface area contributed by atoms with Gasteiger partial charge in [0.25, 0.3) is 5.91 Å². The number of amides is 1. The van der Waals surface area contributed by atoms with Crippen molar-refractivity contribution in [1.29, 1.82) is 0 Å². The second-order valence-electron chi connectivity index (χ2n) is 4.83. The molecule has 0 saturated carbocycles. The van der Waals surface area contributed by atoms with Gasteiger partial charge in [-0.1, -0.05) is 55.5 Å². The predicted molar refractivity (Wildman–Crippen MR) is 78.2 cm³/mol. The molecule has 1 amide bonds. The van der Waals surface area contributed by atoms with Crippen LogP contribution in [0.3, 0.4) is 0 Å². The highest BCUT2D eigenvalue weighted by Crippen LogP contribution is 2.18. The second-order valence-corrected chi connectivity index (χ2v) is 4.83. The molecule has 0 aromatic heterocycles. The standard InChI is InChI=1S/C17H19NO/c1-13(15-9-5-3-6-10-15)14(2)18-17(19)16-11-7-4-8-12-16/h3-14H,1-2H3,(H,18,19)/t13-,14+/m1/s1. The summed E-state index contributed by atoms with van der Waals surface area (Å²) in [6.45, 7) is 4.17. The second kappa shape index (κ2) is 6.19. The van der Waals surface area contributed by atoms with Gasteiger partial charge in [-0.2, -0.15) is 0 Å². The van der Waals surface area contributed by atoms with E-state index in [2.05, 4.69) is 24.4 Å². The van der Waals surface area contributed by atoms with Gasteiger partial charge < -0.3 is 5.32 Å². The third-order valence-electron chi connectivity index (χ3n) is 3.47. The smallest absolute Gasteiger partial charge is 0.251 e. The van der Waals surface area contributed by atoms with Crippen molar-refractivity contribution >= 4 is 5.91 Å². The average Bonchev–Trinajstić information content (AvgIpc) is 2.48. The molecule has 2 nitrogen and oxygen atoms in total. The van der Waals surface area contributed by atoms with Gasteiger partial charge >= 0.3 is 0 Å². The number of hydrogen-bond acceptors (Lipinski definition) is 1. The minimum atomic E-state index is -0.0177. The Morgan fingerprint density at radius 3 is 2.00 bits per heavy atom. The molecule has 0 bridgehead atoms. The van der Waals surface area contributed by atoms with E-state index in [1.165, 1.54) is 5.56 Å². The number of rotatable bonds is 4. The van der Waals surface area contributed by atoms with Gasteiger partial charge in [-0.3, -0.25) is 4.79 Å². The Morgan fingerprint density at radius 2 is 1.42 bits per heavy atom. The van der Waals surface area contributed by atoms with Gasteiger partial charge in [0, 0.05) is 17.5 Å². The van der Waals surface area contributed by atoms with Crippen molar-refractivity contribution in [3.63, 3.8) is 0 Å². The molecule has 2 aromatic rings. The maximum absolute atomic E-state index is 12.1. The quantitative estimate of drug-likeness (QED) is 0.886. The van der Waals surface area contributed by atoms with Crippen LogP contribution in [-0.4, -0.2) is 11.9 Å². The largest absolute Gasteiger partial charge is 0.349 e. The summed E-state index contributed by atoms with van der Waals surface area (Å²) in [6.07, 6.45) is 0. The summed E-state index contributed by atoms with van der Waals surface area (Å²) >= 11 is 0. The molecule has 19 heavy (non-hydrogen) atoms. The van der Waals surface area contributed by atoms with Crippen molar-refractivity contribution < 1.29 is 4.79 Å². The minimum absolute atomic E-state index is 0.0177. The van der Waals surface area contributed by atoms with Crippen LogP contribution < -0.4 is 5.32 Å². The molecule has 2 heteroatoms. The Balaban J connectivity index is 2.02. The normalized spacial score (nSPS) is 13.6.